The first-order valence-corrected chi connectivity index (χ1v) is 7.64. The molecule has 0 spiro atoms. The minimum absolute atomic E-state index is 0.0277. The van der Waals surface area contributed by atoms with E-state index in [0.717, 1.165) is 23.4 Å². The van der Waals surface area contributed by atoms with Crippen LogP contribution in [-0.2, 0) is 4.79 Å². The zero-order valence-corrected chi connectivity index (χ0v) is 12.8. The van der Waals surface area contributed by atoms with Crippen molar-refractivity contribution in [2.24, 2.45) is 5.41 Å². The first-order valence-electron chi connectivity index (χ1n) is 7.26. The van der Waals surface area contributed by atoms with E-state index in [4.69, 9.17) is 11.6 Å². The van der Waals surface area contributed by atoms with Gasteiger partial charge in [-0.15, -0.1) is 0 Å². The summed E-state index contributed by atoms with van der Waals surface area (Å²) in [6, 6.07) is 8.14. The van der Waals surface area contributed by atoms with Gasteiger partial charge in [0.25, 0.3) is 0 Å². The van der Waals surface area contributed by atoms with Crippen molar-refractivity contribution in [3.63, 3.8) is 0 Å². The molecule has 0 aromatic heterocycles. The number of rotatable bonds is 2. The van der Waals surface area contributed by atoms with Crippen molar-refractivity contribution < 1.29 is 4.79 Å². The normalized spacial score (nSPS) is 29.1. The predicted molar refractivity (Wildman–Crippen MR) is 80.5 cm³/mol. The molecule has 3 rings (SSSR count). The van der Waals surface area contributed by atoms with Gasteiger partial charge in [-0.25, -0.2) is 0 Å². The highest BCUT2D eigenvalue weighted by atomic mass is 35.5. The largest absolute Gasteiger partial charge is 0.319 e. The number of hydrogen-bond acceptors (Lipinski definition) is 2. The van der Waals surface area contributed by atoms with Gasteiger partial charge in [0.15, 0.2) is 0 Å². The fourth-order valence-corrected chi connectivity index (χ4v) is 3.72. The third-order valence-corrected chi connectivity index (χ3v) is 4.75. The standard InChI is InChI=1S/C16H21ClN2O/c1-16(2)7-6-13(9-16)19-14(20)10-18-15(19)11-4-3-5-12(17)8-11/h3-5,8,13,15,18H,6-7,9-10H2,1-2H3. The Morgan fingerprint density at radius 3 is 2.85 bits per heavy atom. The molecule has 2 aliphatic rings. The molecular weight excluding hydrogens is 272 g/mol. The number of carbonyl (C=O) groups is 1. The summed E-state index contributed by atoms with van der Waals surface area (Å²) in [4.78, 5) is 14.3. The van der Waals surface area contributed by atoms with E-state index in [1.807, 2.05) is 29.2 Å². The van der Waals surface area contributed by atoms with Crippen LogP contribution in [0.3, 0.4) is 0 Å². The SMILES string of the molecule is CC1(C)CCC(N2C(=O)CNC2c2cccc(Cl)c2)C1. The molecule has 1 saturated carbocycles. The van der Waals surface area contributed by atoms with Crippen molar-refractivity contribution >= 4 is 17.5 Å². The molecule has 108 valence electrons. The van der Waals surface area contributed by atoms with Crippen molar-refractivity contribution in [1.29, 1.82) is 0 Å². The van der Waals surface area contributed by atoms with Crippen LogP contribution in [-0.4, -0.2) is 23.4 Å². The van der Waals surface area contributed by atoms with Gasteiger partial charge in [0.1, 0.15) is 6.17 Å². The van der Waals surface area contributed by atoms with Crippen LogP contribution in [0.4, 0.5) is 0 Å². The molecule has 4 heteroatoms. The van der Waals surface area contributed by atoms with Crippen LogP contribution in [0.15, 0.2) is 24.3 Å². The quantitative estimate of drug-likeness (QED) is 0.906. The first kappa shape index (κ1) is 13.9. The minimum Gasteiger partial charge on any atom is -0.319 e. The van der Waals surface area contributed by atoms with E-state index in [1.54, 1.807) is 0 Å². The van der Waals surface area contributed by atoms with Crippen LogP contribution in [0.2, 0.25) is 5.02 Å². The lowest BCUT2D eigenvalue weighted by atomic mass is 9.91. The van der Waals surface area contributed by atoms with Crippen LogP contribution in [0.1, 0.15) is 44.8 Å². The smallest absolute Gasteiger partial charge is 0.238 e. The fraction of sp³-hybridized carbons (Fsp3) is 0.562. The van der Waals surface area contributed by atoms with Crippen molar-refractivity contribution in [1.82, 2.24) is 10.2 Å². The maximum atomic E-state index is 12.3. The van der Waals surface area contributed by atoms with E-state index in [1.165, 1.54) is 6.42 Å². The van der Waals surface area contributed by atoms with E-state index in [-0.39, 0.29) is 12.1 Å². The summed E-state index contributed by atoms with van der Waals surface area (Å²) in [7, 11) is 0. The van der Waals surface area contributed by atoms with Crippen LogP contribution in [0.25, 0.3) is 0 Å². The topological polar surface area (TPSA) is 32.3 Å². The molecule has 1 aliphatic carbocycles. The average Bonchev–Trinajstić information content (AvgIpc) is 2.92. The van der Waals surface area contributed by atoms with E-state index in [2.05, 4.69) is 19.2 Å². The van der Waals surface area contributed by atoms with E-state index in [0.29, 0.717) is 18.0 Å². The predicted octanol–water partition coefficient (Wildman–Crippen LogP) is 3.35. The lowest BCUT2D eigenvalue weighted by molar-refractivity contribution is -0.130. The molecule has 1 amide bonds. The number of carbonyl (C=O) groups excluding carboxylic acids is 1. The zero-order valence-electron chi connectivity index (χ0n) is 12.0. The van der Waals surface area contributed by atoms with Gasteiger partial charge in [-0.2, -0.15) is 0 Å². The van der Waals surface area contributed by atoms with Crippen molar-refractivity contribution in [3.8, 4) is 0 Å². The molecule has 1 N–H and O–H groups in total. The van der Waals surface area contributed by atoms with Crippen LogP contribution in [0, 0.1) is 5.41 Å². The second-order valence-corrected chi connectivity index (χ2v) is 7.14. The highest BCUT2D eigenvalue weighted by Gasteiger charge is 2.42. The van der Waals surface area contributed by atoms with E-state index in [9.17, 15) is 4.79 Å². The molecule has 1 heterocycles. The van der Waals surface area contributed by atoms with Gasteiger partial charge in [-0.1, -0.05) is 37.6 Å². The Bertz CT molecular complexity index is 529. The van der Waals surface area contributed by atoms with Gasteiger partial charge in [0.05, 0.1) is 6.54 Å². The highest BCUT2D eigenvalue weighted by Crippen LogP contribution is 2.42. The van der Waals surface area contributed by atoms with Crippen molar-refractivity contribution in [2.45, 2.75) is 45.3 Å². The van der Waals surface area contributed by atoms with E-state index >= 15 is 0 Å². The Kier molecular flexibility index (Phi) is 3.51. The van der Waals surface area contributed by atoms with Crippen molar-refractivity contribution in [2.75, 3.05) is 6.54 Å². The molecule has 20 heavy (non-hydrogen) atoms. The van der Waals surface area contributed by atoms with Gasteiger partial charge in [-0.05, 0) is 42.4 Å². The Morgan fingerprint density at radius 1 is 1.40 bits per heavy atom. The number of amides is 1. The summed E-state index contributed by atoms with van der Waals surface area (Å²) in [5.74, 6) is 0.206. The lowest BCUT2D eigenvalue weighted by Crippen LogP contribution is -2.38. The summed E-state index contributed by atoms with van der Waals surface area (Å²) < 4.78 is 0. The molecular formula is C16H21ClN2O. The highest BCUT2D eigenvalue weighted by molar-refractivity contribution is 6.30. The van der Waals surface area contributed by atoms with Crippen LogP contribution < -0.4 is 5.32 Å². The third-order valence-electron chi connectivity index (χ3n) is 4.51. The minimum atomic E-state index is -0.0277. The summed E-state index contributed by atoms with van der Waals surface area (Å²) in [6.45, 7) is 5.00. The van der Waals surface area contributed by atoms with Gasteiger partial charge in [0, 0.05) is 11.1 Å². The number of nitrogens with one attached hydrogen (secondary N) is 1. The van der Waals surface area contributed by atoms with Crippen molar-refractivity contribution in [3.05, 3.63) is 34.9 Å². The molecule has 2 atom stereocenters. The second-order valence-electron chi connectivity index (χ2n) is 6.70. The van der Waals surface area contributed by atoms with E-state index < -0.39 is 0 Å². The molecule has 0 radical (unpaired) electrons. The van der Waals surface area contributed by atoms with Gasteiger partial charge in [-0.3, -0.25) is 10.1 Å². The van der Waals surface area contributed by atoms with Crippen LogP contribution in [0.5, 0.6) is 0 Å². The molecule has 2 unspecified atom stereocenters. The maximum absolute atomic E-state index is 12.3. The number of halogens is 1. The molecule has 1 aromatic rings. The number of hydrogen-bond donors (Lipinski definition) is 1. The molecule has 3 nitrogen and oxygen atoms in total. The first-order chi connectivity index (χ1) is 9.46. The number of benzene rings is 1. The van der Waals surface area contributed by atoms with Gasteiger partial charge in [0.2, 0.25) is 5.91 Å². The summed E-state index contributed by atoms with van der Waals surface area (Å²) in [5.41, 5.74) is 1.42. The Morgan fingerprint density at radius 2 is 2.20 bits per heavy atom. The summed E-state index contributed by atoms with van der Waals surface area (Å²) in [5, 5.41) is 4.04. The van der Waals surface area contributed by atoms with Gasteiger partial charge >= 0.3 is 0 Å². The average molecular weight is 293 g/mol. The zero-order chi connectivity index (χ0) is 14.3. The molecule has 1 aliphatic heterocycles. The fourth-order valence-electron chi connectivity index (χ4n) is 3.52. The van der Waals surface area contributed by atoms with Crippen LogP contribution >= 0.6 is 11.6 Å². The molecule has 2 fully saturated rings. The third kappa shape index (κ3) is 2.57. The summed E-state index contributed by atoms with van der Waals surface area (Å²) in [6.07, 6.45) is 3.33. The Labute approximate surface area is 125 Å². The van der Waals surface area contributed by atoms with Gasteiger partial charge < -0.3 is 4.90 Å². The molecule has 0 bridgehead atoms. The second kappa shape index (κ2) is 5.05. The molecule has 1 aromatic carbocycles. The Hall–Kier alpha value is -1.06. The summed E-state index contributed by atoms with van der Waals surface area (Å²) >= 11 is 6.08. The number of nitrogens with zero attached hydrogens (tertiary/aromatic N) is 1. The molecule has 1 saturated heterocycles. The maximum Gasteiger partial charge on any atom is 0.238 e. The lowest BCUT2D eigenvalue weighted by Gasteiger charge is -2.31. The Balaban J connectivity index is 1.86. The monoisotopic (exact) mass is 292 g/mol.